The maximum atomic E-state index is 11.6. The van der Waals surface area contributed by atoms with Gasteiger partial charge in [0, 0.05) is 0 Å². The molecule has 0 aliphatic rings. The van der Waals surface area contributed by atoms with Crippen molar-refractivity contribution in [2.24, 2.45) is 0 Å². The van der Waals surface area contributed by atoms with Crippen LogP contribution >= 0.6 is 0 Å². The van der Waals surface area contributed by atoms with Crippen LogP contribution in [-0.2, 0) is 9.47 Å². The number of aromatic nitrogens is 2. The van der Waals surface area contributed by atoms with E-state index in [1.807, 2.05) is 0 Å². The molecular weight excluding hydrogens is 260 g/mol. The molecule has 0 spiro atoms. The Kier molecular flexibility index (Phi) is 4.24. The molecule has 0 amide bonds. The van der Waals surface area contributed by atoms with Crippen LogP contribution in [0.4, 0.5) is 0 Å². The lowest BCUT2D eigenvalue weighted by atomic mass is 10.3. The summed E-state index contributed by atoms with van der Waals surface area (Å²) < 4.78 is 9.80. The van der Waals surface area contributed by atoms with Crippen LogP contribution < -0.4 is 0 Å². The second kappa shape index (κ2) is 6.10. The minimum atomic E-state index is -0.407. The van der Waals surface area contributed by atoms with Crippen molar-refractivity contribution in [2.75, 3.05) is 13.2 Å². The van der Waals surface area contributed by atoms with E-state index in [1.165, 1.54) is 0 Å². The van der Waals surface area contributed by atoms with Gasteiger partial charge in [-0.1, -0.05) is 0 Å². The summed E-state index contributed by atoms with van der Waals surface area (Å²) in [5.41, 5.74) is 2.13. The SMILES string of the molecule is CCOC(=O)c1ccc(-c2ccc(C(=O)OCC)[nH]2)[nH]1. The number of ether oxygens (including phenoxy) is 2. The molecule has 106 valence electrons. The molecule has 0 aliphatic carbocycles. The second-order valence-corrected chi connectivity index (χ2v) is 4.01. The van der Waals surface area contributed by atoms with Crippen LogP contribution in [0.25, 0.3) is 11.4 Å². The highest BCUT2D eigenvalue weighted by Gasteiger charge is 2.13. The minimum Gasteiger partial charge on any atom is -0.461 e. The first-order chi connectivity index (χ1) is 9.65. The van der Waals surface area contributed by atoms with Crippen molar-refractivity contribution >= 4 is 11.9 Å². The van der Waals surface area contributed by atoms with E-state index in [9.17, 15) is 9.59 Å². The van der Waals surface area contributed by atoms with E-state index in [0.29, 0.717) is 36.0 Å². The Morgan fingerprint density at radius 3 is 1.60 bits per heavy atom. The van der Waals surface area contributed by atoms with Gasteiger partial charge in [-0.15, -0.1) is 0 Å². The molecule has 2 N–H and O–H groups in total. The quantitative estimate of drug-likeness (QED) is 0.821. The number of esters is 2. The van der Waals surface area contributed by atoms with Gasteiger partial charge in [-0.3, -0.25) is 0 Å². The fourth-order valence-corrected chi connectivity index (χ4v) is 1.76. The number of aromatic amines is 2. The van der Waals surface area contributed by atoms with Crippen molar-refractivity contribution in [3.05, 3.63) is 35.7 Å². The third-order valence-electron chi connectivity index (χ3n) is 2.65. The zero-order valence-electron chi connectivity index (χ0n) is 11.4. The predicted octanol–water partition coefficient (Wildman–Crippen LogP) is 2.36. The smallest absolute Gasteiger partial charge is 0.354 e. The van der Waals surface area contributed by atoms with Crippen molar-refractivity contribution in [1.29, 1.82) is 0 Å². The standard InChI is InChI=1S/C14H16N2O4/c1-3-19-13(17)11-7-5-9(15-11)10-6-8-12(16-10)14(18)20-4-2/h5-8,15-16H,3-4H2,1-2H3. The lowest BCUT2D eigenvalue weighted by Crippen LogP contribution is -2.05. The van der Waals surface area contributed by atoms with E-state index in [1.54, 1.807) is 38.1 Å². The number of nitrogens with one attached hydrogen (secondary N) is 2. The van der Waals surface area contributed by atoms with E-state index in [2.05, 4.69) is 9.97 Å². The highest BCUT2D eigenvalue weighted by atomic mass is 16.5. The summed E-state index contributed by atoms with van der Waals surface area (Å²) in [7, 11) is 0. The van der Waals surface area contributed by atoms with Crippen molar-refractivity contribution in [2.45, 2.75) is 13.8 Å². The van der Waals surface area contributed by atoms with E-state index >= 15 is 0 Å². The third kappa shape index (κ3) is 2.90. The van der Waals surface area contributed by atoms with Gasteiger partial charge in [-0.25, -0.2) is 9.59 Å². The number of H-pyrrole nitrogens is 2. The summed E-state index contributed by atoms with van der Waals surface area (Å²) in [6.07, 6.45) is 0. The van der Waals surface area contributed by atoms with Crippen LogP contribution in [0.15, 0.2) is 24.3 Å². The largest absolute Gasteiger partial charge is 0.461 e. The lowest BCUT2D eigenvalue weighted by molar-refractivity contribution is 0.0510. The van der Waals surface area contributed by atoms with Gasteiger partial charge in [-0.05, 0) is 38.1 Å². The summed E-state index contributed by atoms with van der Waals surface area (Å²) >= 11 is 0. The molecule has 6 heteroatoms. The Labute approximate surface area is 116 Å². The average Bonchev–Trinajstić information content (AvgIpc) is 3.08. The predicted molar refractivity (Wildman–Crippen MR) is 72.5 cm³/mol. The van der Waals surface area contributed by atoms with Crippen molar-refractivity contribution < 1.29 is 19.1 Å². The monoisotopic (exact) mass is 276 g/mol. The highest BCUT2D eigenvalue weighted by Crippen LogP contribution is 2.18. The van der Waals surface area contributed by atoms with Gasteiger partial charge < -0.3 is 19.4 Å². The average molecular weight is 276 g/mol. The maximum absolute atomic E-state index is 11.6. The Balaban J connectivity index is 2.16. The van der Waals surface area contributed by atoms with Gasteiger partial charge in [0.1, 0.15) is 11.4 Å². The van der Waals surface area contributed by atoms with E-state index in [4.69, 9.17) is 9.47 Å². The number of carbonyl (C=O) groups excluding carboxylic acids is 2. The van der Waals surface area contributed by atoms with Crippen molar-refractivity contribution in [3.8, 4) is 11.4 Å². The zero-order chi connectivity index (χ0) is 14.5. The molecule has 0 saturated carbocycles. The number of hydrogen-bond acceptors (Lipinski definition) is 4. The van der Waals surface area contributed by atoms with Crippen LogP contribution in [0.3, 0.4) is 0 Å². The fourth-order valence-electron chi connectivity index (χ4n) is 1.76. The molecule has 0 radical (unpaired) electrons. The van der Waals surface area contributed by atoms with Gasteiger partial charge in [0.05, 0.1) is 24.6 Å². The topological polar surface area (TPSA) is 84.2 Å². The molecule has 0 aromatic carbocycles. The lowest BCUT2D eigenvalue weighted by Gasteiger charge is -1.99. The Morgan fingerprint density at radius 2 is 1.25 bits per heavy atom. The van der Waals surface area contributed by atoms with Gasteiger partial charge in [0.2, 0.25) is 0 Å². The summed E-state index contributed by atoms with van der Waals surface area (Å²) in [6, 6.07) is 6.76. The summed E-state index contributed by atoms with van der Waals surface area (Å²) in [5, 5.41) is 0. The Morgan fingerprint density at radius 1 is 0.850 bits per heavy atom. The Bertz CT molecular complexity index is 558. The molecule has 2 aromatic heterocycles. The maximum Gasteiger partial charge on any atom is 0.354 e. The molecule has 0 unspecified atom stereocenters. The minimum absolute atomic E-state index is 0.322. The molecule has 0 atom stereocenters. The molecule has 0 saturated heterocycles. The number of carbonyl (C=O) groups is 2. The molecular formula is C14H16N2O4. The fraction of sp³-hybridized carbons (Fsp3) is 0.286. The number of hydrogen-bond donors (Lipinski definition) is 2. The second-order valence-electron chi connectivity index (χ2n) is 4.01. The summed E-state index contributed by atoms with van der Waals surface area (Å²) in [5.74, 6) is -0.813. The van der Waals surface area contributed by atoms with Crippen LogP contribution in [0.2, 0.25) is 0 Å². The molecule has 0 aliphatic heterocycles. The molecule has 2 rings (SSSR count). The van der Waals surface area contributed by atoms with Crippen LogP contribution in [0.1, 0.15) is 34.8 Å². The van der Waals surface area contributed by atoms with Crippen LogP contribution in [-0.4, -0.2) is 35.1 Å². The summed E-state index contributed by atoms with van der Waals surface area (Å²) in [6.45, 7) is 4.14. The van der Waals surface area contributed by atoms with E-state index in [-0.39, 0.29) is 0 Å². The molecule has 20 heavy (non-hydrogen) atoms. The first kappa shape index (κ1) is 13.9. The first-order valence-corrected chi connectivity index (χ1v) is 6.38. The molecule has 2 aromatic rings. The summed E-state index contributed by atoms with van der Waals surface area (Å²) in [4.78, 5) is 29.0. The van der Waals surface area contributed by atoms with Crippen LogP contribution in [0, 0.1) is 0 Å². The van der Waals surface area contributed by atoms with Crippen LogP contribution in [0.5, 0.6) is 0 Å². The highest BCUT2D eigenvalue weighted by molar-refractivity contribution is 5.90. The van der Waals surface area contributed by atoms with E-state index in [0.717, 1.165) is 0 Å². The number of rotatable bonds is 5. The zero-order valence-corrected chi connectivity index (χ0v) is 11.4. The molecule has 2 heterocycles. The van der Waals surface area contributed by atoms with Gasteiger partial charge in [-0.2, -0.15) is 0 Å². The molecule has 6 nitrogen and oxygen atoms in total. The third-order valence-corrected chi connectivity index (χ3v) is 2.65. The van der Waals surface area contributed by atoms with Crippen molar-refractivity contribution in [3.63, 3.8) is 0 Å². The van der Waals surface area contributed by atoms with Gasteiger partial charge in [0.25, 0.3) is 0 Å². The van der Waals surface area contributed by atoms with E-state index < -0.39 is 11.9 Å². The Hall–Kier alpha value is -2.50. The first-order valence-electron chi connectivity index (χ1n) is 6.38. The molecule has 0 bridgehead atoms. The normalized spacial score (nSPS) is 10.3. The van der Waals surface area contributed by atoms with Crippen molar-refractivity contribution in [1.82, 2.24) is 9.97 Å². The molecule has 0 fully saturated rings. The van der Waals surface area contributed by atoms with Gasteiger partial charge in [0.15, 0.2) is 0 Å². The van der Waals surface area contributed by atoms with Gasteiger partial charge >= 0.3 is 11.9 Å².